The second kappa shape index (κ2) is 10.4. The van der Waals surface area contributed by atoms with E-state index < -0.39 is 17.7 Å². The molecule has 1 atom stereocenters. The average Bonchev–Trinajstić information content (AvgIpc) is 3.41. The van der Waals surface area contributed by atoms with Crippen LogP contribution in [0.5, 0.6) is 5.75 Å². The summed E-state index contributed by atoms with van der Waals surface area (Å²) in [5.74, 6) is -0.914. The summed E-state index contributed by atoms with van der Waals surface area (Å²) in [5, 5.41) is 22.8. The Morgan fingerprint density at radius 3 is 2.59 bits per heavy atom. The minimum atomic E-state index is -0.956. The van der Waals surface area contributed by atoms with Crippen LogP contribution in [0.1, 0.15) is 23.7 Å². The van der Waals surface area contributed by atoms with Gasteiger partial charge < -0.3 is 25.3 Å². The topological polar surface area (TPSA) is 119 Å². The van der Waals surface area contributed by atoms with E-state index in [2.05, 4.69) is 15.3 Å². The second-order valence-electron chi connectivity index (χ2n) is 9.44. The van der Waals surface area contributed by atoms with Crippen LogP contribution in [-0.4, -0.2) is 63.1 Å². The van der Waals surface area contributed by atoms with Gasteiger partial charge in [0.15, 0.2) is 17.3 Å². The van der Waals surface area contributed by atoms with Crippen LogP contribution in [0.15, 0.2) is 54.9 Å². The lowest BCUT2D eigenvalue weighted by Gasteiger charge is -2.22. The number of nitrogens with one attached hydrogen (secondary N) is 1. The average molecular weight is 550 g/mol. The molecule has 9 nitrogen and oxygen atoms in total. The molecule has 1 aliphatic heterocycles. The molecule has 1 fully saturated rings. The number of likely N-dealkylation sites (N-methyl/N-ethyl adjacent to an activating group) is 1. The predicted molar refractivity (Wildman–Crippen MR) is 148 cm³/mol. The number of halogens is 2. The van der Waals surface area contributed by atoms with Gasteiger partial charge in [0.05, 0.1) is 39.7 Å². The number of aromatic nitrogens is 2. The maximum Gasteiger partial charge on any atom is 0.407 e. The van der Waals surface area contributed by atoms with Gasteiger partial charge >= 0.3 is 6.09 Å². The number of anilines is 3. The van der Waals surface area contributed by atoms with Crippen LogP contribution in [-0.2, 0) is 0 Å². The Balaban J connectivity index is 1.47. The number of hydrogen-bond donors (Lipinski definition) is 3. The van der Waals surface area contributed by atoms with Crippen LogP contribution in [0.25, 0.3) is 22.0 Å². The Labute approximate surface area is 228 Å². The van der Waals surface area contributed by atoms with Gasteiger partial charge in [-0.25, -0.2) is 14.2 Å². The lowest BCUT2D eigenvalue weighted by atomic mass is 10.00. The first kappa shape index (κ1) is 26.2. The van der Waals surface area contributed by atoms with E-state index in [9.17, 15) is 24.2 Å². The number of aromatic hydroxyl groups is 1. The normalized spacial score (nSPS) is 15.0. The number of hydrogen-bond acceptors (Lipinski definition) is 7. The molecule has 0 bridgehead atoms. The summed E-state index contributed by atoms with van der Waals surface area (Å²) in [6.07, 6.45) is 2.92. The molecule has 4 aromatic rings. The first-order chi connectivity index (χ1) is 18.6. The molecule has 3 N–H and O–H groups in total. The number of carboxylic acid groups (broad SMARTS) is 1. The van der Waals surface area contributed by atoms with Gasteiger partial charge in [0, 0.05) is 31.7 Å². The molecule has 3 heterocycles. The summed E-state index contributed by atoms with van der Waals surface area (Å²) in [6.45, 7) is 2.69. The van der Waals surface area contributed by atoms with Crippen LogP contribution in [0.3, 0.4) is 0 Å². The van der Waals surface area contributed by atoms with Gasteiger partial charge in [-0.3, -0.25) is 9.78 Å². The number of amides is 1. The minimum absolute atomic E-state index is 0.102. The summed E-state index contributed by atoms with van der Waals surface area (Å²) in [5.41, 5.74) is 3.23. The summed E-state index contributed by atoms with van der Waals surface area (Å²) < 4.78 is 14.2. The molecule has 0 radical (unpaired) electrons. The van der Waals surface area contributed by atoms with Gasteiger partial charge in [-0.1, -0.05) is 17.7 Å². The van der Waals surface area contributed by atoms with Crippen molar-refractivity contribution in [1.82, 2.24) is 14.9 Å². The number of ketones is 1. The molecule has 1 unspecified atom stereocenters. The van der Waals surface area contributed by atoms with E-state index in [0.717, 1.165) is 5.82 Å². The molecule has 11 heteroatoms. The first-order valence-corrected chi connectivity index (χ1v) is 12.6. The van der Waals surface area contributed by atoms with Gasteiger partial charge in [0.2, 0.25) is 0 Å². The molecule has 39 heavy (non-hydrogen) atoms. The SMILES string of the molecule is CC(=O)c1cnc2ccc(-c3cc(F)c(O)c(Cl)c3)cc2c1Nc1ccc(N2CCC(N(C)C(=O)O)C2)nc1. The fraction of sp³-hybridized carbons (Fsp3) is 0.214. The largest absolute Gasteiger partial charge is 0.504 e. The molecule has 1 amide bonds. The van der Waals surface area contributed by atoms with E-state index in [0.29, 0.717) is 58.5 Å². The molecule has 1 aliphatic rings. The van der Waals surface area contributed by atoms with Crippen molar-refractivity contribution in [3.05, 3.63) is 71.3 Å². The number of carbonyl (C=O) groups excluding carboxylic acids is 1. The molecule has 200 valence electrons. The minimum Gasteiger partial charge on any atom is -0.504 e. The van der Waals surface area contributed by atoms with Gasteiger partial charge in [-0.05, 0) is 60.9 Å². The molecule has 2 aromatic carbocycles. The quantitative estimate of drug-likeness (QED) is 0.253. The van der Waals surface area contributed by atoms with Crippen LogP contribution < -0.4 is 10.2 Å². The van der Waals surface area contributed by atoms with E-state index in [4.69, 9.17) is 11.6 Å². The monoisotopic (exact) mass is 549 g/mol. The van der Waals surface area contributed by atoms with Crippen LogP contribution in [0, 0.1) is 5.82 Å². The van der Waals surface area contributed by atoms with E-state index in [1.165, 1.54) is 30.2 Å². The number of phenolic OH excluding ortho intramolecular Hbond substituents is 1. The number of phenols is 1. The first-order valence-electron chi connectivity index (χ1n) is 12.2. The Morgan fingerprint density at radius 2 is 1.92 bits per heavy atom. The maximum absolute atomic E-state index is 14.2. The lowest BCUT2D eigenvalue weighted by molar-refractivity contribution is 0.101. The van der Waals surface area contributed by atoms with Crippen molar-refractivity contribution < 1.29 is 24.2 Å². The number of nitrogens with zero attached hydrogens (tertiary/aromatic N) is 4. The Bertz CT molecular complexity index is 1570. The summed E-state index contributed by atoms with van der Waals surface area (Å²) >= 11 is 5.99. The van der Waals surface area contributed by atoms with Crippen LogP contribution in [0.2, 0.25) is 5.02 Å². The fourth-order valence-electron chi connectivity index (χ4n) is 4.72. The van der Waals surface area contributed by atoms with Crippen LogP contribution in [0.4, 0.5) is 26.4 Å². The Kier molecular flexibility index (Phi) is 6.96. The molecule has 0 spiro atoms. The molecule has 2 aromatic heterocycles. The van der Waals surface area contributed by atoms with Crippen molar-refractivity contribution in [3.63, 3.8) is 0 Å². The highest BCUT2D eigenvalue weighted by Gasteiger charge is 2.29. The lowest BCUT2D eigenvalue weighted by Crippen LogP contribution is -2.38. The summed E-state index contributed by atoms with van der Waals surface area (Å²) in [4.78, 5) is 36.1. The van der Waals surface area contributed by atoms with Crippen molar-refractivity contribution >= 4 is 51.6 Å². The third-order valence-electron chi connectivity index (χ3n) is 6.95. The highest BCUT2D eigenvalue weighted by atomic mass is 35.5. The molecule has 0 aliphatic carbocycles. The van der Waals surface area contributed by atoms with Crippen LogP contribution >= 0.6 is 11.6 Å². The zero-order valence-corrected chi connectivity index (χ0v) is 21.9. The van der Waals surface area contributed by atoms with Crippen molar-refractivity contribution in [2.45, 2.75) is 19.4 Å². The third-order valence-corrected chi connectivity index (χ3v) is 7.24. The van der Waals surface area contributed by atoms with Crippen molar-refractivity contribution in [2.75, 3.05) is 30.4 Å². The van der Waals surface area contributed by atoms with E-state index in [1.54, 1.807) is 31.4 Å². The standard InChI is InChI=1S/C28H25ClFN5O4/c1-15(36)21-13-31-24-5-3-16(17-10-22(29)27(37)23(30)11-17)9-20(24)26(21)33-18-4-6-25(32-12-18)35-8-7-19(14-35)34(2)28(38)39/h3-6,9-13,19,37H,7-8,14H2,1-2H3,(H,31,33)(H,38,39). The third kappa shape index (κ3) is 5.15. The van der Waals surface area contributed by atoms with E-state index in [1.807, 2.05) is 17.0 Å². The molecule has 5 rings (SSSR count). The fourth-order valence-corrected chi connectivity index (χ4v) is 4.93. The number of rotatable bonds is 6. The summed E-state index contributed by atoms with van der Waals surface area (Å²) in [6, 6.07) is 11.5. The van der Waals surface area contributed by atoms with Gasteiger partial charge in [-0.2, -0.15) is 0 Å². The van der Waals surface area contributed by atoms with Gasteiger partial charge in [-0.15, -0.1) is 0 Å². The highest BCUT2D eigenvalue weighted by molar-refractivity contribution is 6.32. The molecular formula is C28H25ClFN5O4. The molecule has 0 saturated carbocycles. The van der Waals surface area contributed by atoms with Crippen molar-refractivity contribution in [2.24, 2.45) is 0 Å². The number of benzene rings is 2. The van der Waals surface area contributed by atoms with Gasteiger partial charge in [0.25, 0.3) is 0 Å². The maximum atomic E-state index is 14.2. The number of Topliss-reactive ketones (excluding diaryl/α,β-unsaturated/α-hetero) is 1. The highest BCUT2D eigenvalue weighted by Crippen LogP contribution is 2.36. The number of pyridine rings is 2. The smallest absolute Gasteiger partial charge is 0.407 e. The van der Waals surface area contributed by atoms with Crippen molar-refractivity contribution in [3.8, 4) is 16.9 Å². The zero-order chi connectivity index (χ0) is 27.8. The van der Waals surface area contributed by atoms with Gasteiger partial charge in [0.1, 0.15) is 5.82 Å². The zero-order valence-electron chi connectivity index (χ0n) is 21.2. The second-order valence-corrected chi connectivity index (χ2v) is 9.84. The number of carbonyl (C=O) groups is 2. The Hall–Kier alpha value is -4.44. The predicted octanol–water partition coefficient (Wildman–Crippen LogP) is 5.93. The summed E-state index contributed by atoms with van der Waals surface area (Å²) in [7, 11) is 1.57. The Morgan fingerprint density at radius 1 is 1.13 bits per heavy atom. The molecular weight excluding hydrogens is 525 g/mol. The van der Waals surface area contributed by atoms with E-state index >= 15 is 0 Å². The van der Waals surface area contributed by atoms with E-state index in [-0.39, 0.29) is 16.8 Å². The molecule has 1 saturated heterocycles. The van der Waals surface area contributed by atoms with Crippen molar-refractivity contribution in [1.29, 1.82) is 0 Å². The number of fused-ring (bicyclic) bond motifs is 1.